The maximum absolute atomic E-state index is 12.1. The predicted octanol–water partition coefficient (Wildman–Crippen LogP) is 7.41. The van der Waals surface area contributed by atoms with Crippen LogP contribution in [0.25, 0.3) is 22.6 Å². The van der Waals surface area contributed by atoms with Gasteiger partial charge in [0.2, 0.25) is 5.89 Å². The van der Waals surface area contributed by atoms with Gasteiger partial charge in [0.1, 0.15) is 29.9 Å². The minimum Gasteiger partial charge on any atom is -0.494 e. The highest BCUT2D eigenvalue weighted by Gasteiger charge is 2.29. The standard InChI is InChI=1S/C43H48N4O7/c1-31-35(13-8-15-38(31)33-12-7-14-36(26-33)51-23-9-19-46-21-24-50-25-22-46)29-52-37-18-17-34(28-47-20-6-5-16-39(47)43(48)49)40(27-37)53-30-41-44-45-42(54-41)32-10-3-2-4-11-32/h2-4,7-8,10-15,17-18,26-27,39H,5-6,9,16,19-25,28-30H2,1H3,(H,48,49)/t39-/m1/s1. The molecular formula is C43H48N4O7. The Labute approximate surface area is 316 Å². The van der Waals surface area contributed by atoms with Crippen LogP contribution in [0.1, 0.15) is 48.3 Å². The van der Waals surface area contributed by atoms with Crippen LogP contribution in [0, 0.1) is 6.92 Å². The van der Waals surface area contributed by atoms with Crippen molar-refractivity contribution >= 4 is 5.97 Å². The molecule has 1 atom stereocenters. The third-order valence-corrected chi connectivity index (χ3v) is 10.1. The Morgan fingerprint density at radius 3 is 2.48 bits per heavy atom. The molecule has 2 aliphatic rings. The number of aromatic nitrogens is 2. The minimum absolute atomic E-state index is 0.0520. The quantitative estimate of drug-likeness (QED) is 0.102. The molecule has 0 amide bonds. The van der Waals surface area contributed by atoms with Gasteiger partial charge in [-0.25, -0.2) is 0 Å². The van der Waals surface area contributed by atoms with E-state index in [2.05, 4.69) is 52.4 Å². The molecule has 7 rings (SSSR count). The van der Waals surface area contributed by atoms with Gasteiger partial charge >= 0.3 is 5.97 Å². The van der Waals surface area contributed by atoms with Crippen molar-refractivity contribution in [2.24, 2.45) is 0 Å². The van der Waals surface area contributed by atoms with Crippen molar-refractivity contribution in [3.63, 3.8) is 0 Å². The molecule has 1 aromatic heterocycles. The summed E-state index contributed by atoms with van der Waals surface area (Å²) in [7, 11) is 0. The van der Waals surface area contributed by atoms with E-state index < -0.39 is 12.0 Å². The number of carbonyl (C=O) groups is 1. The smallest absolute Gasteiger partial charge is 0.320 e. The second-order valence-electron chi connectivity index (χ2n) is 13.8. The van der Waals surface area contributed by atoms with Gasteiger partial charge in [-0.05, 0) is 85.3 Å². The molecule has 3 heterocycles. The molecule has 0 bridgehead atoms. The van der Waals surface area contributed by atoms with Crippen LogP contribution < -0.4 is 14.2 Å². The Kier molecular flexibility index (Phi) is 12.5. The zero-order chi connectivity index (χ0) is 37.1. The number of ether oxygens (including phenoxy) is 4. The number of hydrogen-bond acceptors (Lipinski definition) is 10. The molecule has 5 aromatic rings. The first-order valence-corrected chi connectivity index (χ1v) is 18.8. The van der Waals surface area contributed by atoms with Gasteiger partial charge in [0, 0.05) is 43.4 Å². The van der Waals surface area contributed by atoms with Crippen molar-refractivity contribution in [3.8, 4) is 39.8 Å². The molecular weight excluding hydrogens is 684 g/mol. The van der Waals surface area contributed by atoms with Crippen LogP contribution in [0.15, 0.2) is 95.4 Å². The van der Waals surface area contributed by atoms with E-state index in [9.17, 15) is 9.90 Å². The van der Waals surface area contributed by atoms with Crippen molar-refractivity contribution in [1.82, 2.24) is 20.0 Å². The van der Waals surface area contributed by atoms with Gasteiger partial charge in [0.05, 0.1) is 19.8 Å². The van der Waals surface area contributed by atoms with Gasteiger partial charge in [0.25, 0.3) is 5.89 Å². The number of carboxylic acids is 1. The summed E-state index contributed by atoms with van der Waals surface area (Å²) in [6.07, 6.45) is 3.45. The molecule has 1 N–H and O–H groups in total. The number of piperidine rings is 1. The summed E-state index contributed by atoms with van der Waals surface area (Å²) < 4.78 is 30.2. The summed E-state index contributed by atoms with van der Waals surface area (Å²) in [4.78, 5) is 16.5. The fourth-order valence-corrected chi connectivity index (χ4v) is 7.09. The van der Waals surface area contributed by atoms with E-state index in [1.807, 2.05) is 65.6 Å². The summed E-state index contributed by atoms with van der Waals surface area (Å²) in [6, 6.07) is 29.3. The Morgan fingerprint density at radius 2 is 1.63 bits per heavy atom. The third-order valence-electron chi connectivity index (χ3n) is 10.1. The van der Waals surface area contributed by atoms with Crippen molar-refractivity contribution in [2.45, 2.75) is 58.4 Å². The number of benzene rings is 4. The number of morpholine rings is 1. The van der Waals surface area contributed by atoms with Crippen LogP contribution in [0.2, 0.25) is 0 Å². The number of hydrogen-bond donors (Lipinski definition) is 1. The number of carboxylic acid groups (broad SMARTS) is 1. The van der Waals surface area contributed by atoms with Crippen LogP contribution in [0.3, 0.4) is 0 Å². The second-order valence-corrected chi connectivity index (χ2v) is 13.8. The van der Waals surface area contributed by atoms with Gasteiger partial charge < -0.3 is 28.5 Å². The highest BCUT2D eigenvalue weighted by molar-refractivity contribution is 5.73. The molecule has 0 saturated carbocycles. The van der Waals surface area contributed by atoms with Gasteiger partial charge in [-0.1, -0.05) is 61.0 Å². The van der Waals surface area contributed by atoms with E-state index in [1.54, 1.807) is 0 Å². The first-order valence-electron chi connectivity index (χ1n) is 18.8. The van der Waals surface area contributed by atoms with Gasteiger partial charge in [-0.2, -0.15) is 0 Å². The fourth-order valence-electron chi connectivity index (χ4n) is 7.09. The Morgan fingerprint density at radius 1 is 0.815 bits per heavy atom. The molecule has 0 spiro atoms. The highest BCUT2D eigenvalue weighted by Crippen LogP contribution is 2.32. The monoisotopic (exact) mass is 732 g/mol. The van der Waals surface area contributed by atoms with Crippen molar-refractivity contribution in [3.05, 3.63) is 114 Å². The topological polar surface area (TPSA) is 120 Å². The van der Waals surface area contributed by atoms with E-state index in [0.29, 0.717) is 56.0 Å². The molecule has 2 saturated heterocycles. The van der Waals surface area contributed by atoms with E-state index in [-0.39, 0.29) is 6.61 Å². The van der Waals surface area contributed by atoms with Gasteiger partial charge in [-0.15, -0.1) is 10.2 Å². The number of aliphatic carboxylic acids is 1. The van der Waals surface area contributed by atoms with Crippen LogP contribution >= 0.6 is 0 Å². The average Bonchev–Trinajstić information content (AvgIpc) is 3.69. The number of likely N-dealkylation sites (tertiary alicyclic amines) is 1. The van der Waals surface area contributed by atoms with E-state index in [1.165, 1.54) is 0 Å². The predicted molar refractivity (Wildman–Crippen MR) is 205 cm³/mol. The molecule has 2 aliphatic heterocycles. The van der Waals surface area contributed by atoms with Crippen molar-refractivity contribution < 1.29 is 33.3 Å². The Bertz CT molecular complexity index is 1980. The summed E-state index contributed by atoms with van der Waals surface area (Å²) in [5.41, 5.74) is 6.10. The first kappa shape index (κ1) is 37.1. The summed E-state index contributed by atoms with van der Waals surface area (Å²) in [5.74, 6) is 2.03. The molecule has 11 nitrogen and oxygen atoms in total. The molecule has 4 aromatic carbocycles. The Hall–Kier alpha value is -5.23. The van der Waals surface area contributed by atoms with E-state index >= 15 is 0 Å². The van der Waals surface area contributed by atoms with Gasteiger partial charge in [-0.3, -0.25) is 14.6 Å². The normalized spacial score (nSPS) is 16.6. The average molecular weight is 733 g/mol. The summed E-state index contributed by atoms with van der Waals surface area (Å²) in [6.45, 7) is 8.93. The van der Waals surface area contributed by atoms with Crippen LogP contribution in [-0.4, -0.2) is 83.1 Å². The van der Waals surface area contributed by atoms with Crippen LogP contribution in [0.5, 0.6) is 17.2 Å². The molecule has 0 unspecified atom stereocenters. The maximum atomic E-state index is 12.1. The molecule has 54 heavy (non-hydrogen) atoms. The lowest BCUT2D eigenvalue weighted by Crippen LogP contribution is -2.44. The van der Waals surface area contributed by atoms with Gasteiger partial charge in [0.15, 0.2) is 6.61 Å². The Balaban J connectivity index is 1.03. The second kappa shape index (κ2) is 18.2. The molecule has 0 aliphatic carbocycles. The molecule has 11 heteroatoms. The zero-order valence-corrected chi connectivity index (χ0v) is 30.8. The van der Waals surface area contributed by atoms with Crippen molar-refractivity contribution in [1.29, 1.82) is 0 Å². The zero-order valence-electron chi connectivity index (χ0n) is 30.8. The summed E-state index contributed by atoms with van der Waals surface area (Å²) >= 11 is 0. The van der Waals surface area contributed by atoms with E-state index in [4.69, 9.17) is 23.4 Å². The third kappa shape index (κ3) is 9.65. The lowest BCUT2D eigenvalue weighted by molar-refractivity contribution is -0.144. The largest absolute Gasteiger partial charge is 0.494 e. The SMILES string of the molecule is Cc1c(COc2ccc(CN3CCCC[C@@H]3C(=O)O)c(OCc3nnc(-c4ccccc4)o3)c2)cccc1-c1cccc(OCCCN2CCOCC2)c1. The fraction of sp³-hybridized carbons (Fsp3) is 0.372. The minimum atomic E-state index is -0.798. The molecule has 282 valence electrons. The lowest BCUT2D eigenvalue weighted by Gasteiger charge is -2.33. The first-order chi connectivity index (χ1) is 26.5. The van der Waals surface area contributed by atoms with Crippen LogP contribution in [-0.2, 0) is 29.3 Å². The molecule has 0 radical (unpaired) electrons. The molecule has 2 fully saturated rings. The number of rotatable bonds is 16. The maximum Gasteiger partial charge on any atom is 0.320 e. The number of nitrogens with zero attached hydrogens (tertiary/aromatic N) is 4. The lowest BCUT2D eigenvalue weighted by atomic mass is 9.96. The van der Waals surface area contributed by atoms with Crippen molar-refractivity contribution in [2.75, 3.05) is 46.0 Å². The van der Waals surface area contributed by atoms with Crippen LogP contribution in [0.4, 0.5) is 0 Å². The highest BCUT2D eigenvalue weighted by atomic mass is 16.5. The summed E-state index contributed by atoms with van der Waals surface area (Å²) in [5, 5.41) is 18.3. The van der Waals surface area contributed by atoms with E-state index in [0.717, 1.165) is 91.2 Å².